The van der Waals surface area contributed by atoms with E-state index < -0.39 is 12.6 Å². The lowest BCUT2D eigenvalue weighted by molar-refractivity contribution is 0.148. The molecule has 0 aromatic rings. The van der Waals surface area contributed by atoms with Gasteiger partial charge in [-0.2, -0.15) is 0 Å². The van der Waals surface area contributed by atoms with Crippen LogP contribution in [0.5, 0.6) is 0 Å². The van der Waals surface area contributed by atoms with Crippen molar-refractivity contribution in [3.05, 3.63) is 35.5 Å². The van der Waals surface area contributed by atoms with E-state index in [-0.39, 0.29) is 5.41 Å². The monoisotopic (exact) mass is 434 g/mol. The first-order valence-electron chi connectivity index (χ1n) is 8.77. The number of hydrogen-bond acceptors (Lipinski definition) is 8. The summed E-state index contributed by atoms with van der Waals surface area (Å²) < 4.78 is 25.3. The van der Waals surface area contributed by atoms with Crippen LogP contribution in [0.25, 0.3) is 0 Å². The Balaban J connectivity index is 1.78. The minimum absolute atomic E-state index is 0.294. The summed E-state index contributed by atoms with van der Waals surface area (Å²) in [5, 5.41) is 2.70. The maximum Gasteiger partial charge on any atom is 0.413 e. The van der Waals surface area contributed by atoms with E-state index in [1.165, 1.54) is 11.9 Å². The number of alkyl carbamates (subject to hydrolysis) is 1. The summed E-state index contributed by atoms with van der Waals surface area (Å²) in [7, 11) is 0. The summed E-state index contributed by atoms with van der Waals surface area (Å²) in [6.07, 6.45) is 6.07. The fourth-order valence-electron chi connectivity index (χ4n) is 2.72. The Morgan fingerprint density at radius 3 is 2.74 bits per heavy atom. The zero-order valence-corrected chi connectivity index (χ0v) is 18.6. The van der Waals surface area contributed by atoms with Crippen molar-refractivity contribution in [3.8, 4) is 0 Å². The van der Waals surface area contributed by atoms with Crippen LogP contribution in [0.2, 0.25) is 0 Å². The molecule has 0 radical (unpaired) electrons. The lowest BCUT2D eigenvalue weighted by Gasteiger charge is -2.22. The number of ether oxygens (including phenoxy) is 2. The predicted octanol–water partition coefficient (Wildman–Crippen LogP) is 4.36. The lowest BCUT2D eigenvalue weighted by Crippen LogP contribution is -2.28. The van der Waals surface area contributed by atoms with E-state index in [4.69, 9.17) is 30.3 Å². The summed E-state index contributed by atoms with van der Waals surface area (Å²) in [6.45, 7) is 6.52. The number of allylic oxidation sites excluding steroid dienone is 4. The average molecular weight is 435 g/mol. The normalized spacial score (nSPS) is 18.0. The summed E-state index contributed by atoms with van der Waals surface area (Å²) in [6, 6.07) is 0. The maximum atomic E-state index is 12.2. The summed E-state index contributed by atoms with van der Waals surface area (Å²) in [5.74, 6) is 1.51. The topological polar surface area (TPSA) is 78.1 Å². The van der Waals surface area contributed by atoms with E-state index in [9.17, 15) is 4.79 Å². The molecule has 0 aromatic carbocycles. The van der Waals surface area contributed by atoms with Crippen molar-refractivity contribution < 1.29 is 23.3 Å². The van der Waals surface area contributed by atoms with E-state index in [1.807, 2.05) is 39.8 Å². The van der Waals surface area contributed by atoms with Crippen molar-refractivity contribution in [3.63, 3.8) is 0 Å². The summed E-state index contributed by atoms with van der Waals surface area (Å²) in [5.41, 5.74) is 0.746. The van der Waals surface area contributed by atoms with Crippen molar-refractivity contribution in [2.24, 2.45) is 5.41 Å². The van der Waals surface area contributed by atoms with Gasteiger partial charge in [0, 0.05) is 5.41 Å². The van der Waals surface area contributed by atoms with Gasteiger partial charge in [0.15, 0.2) is 11.5 Å². The van der Waals surface area contributed by atoms with Gasteiger partial charge in [0.1, 0.15) is 0 Å². The van der Waals surface area contributed by atoms with Crippen LogP contribution in [0.3, 0.4) is 0 Å². The predicted molar refractivity (Wildman–Crippen MR) is 111 cm³/mol. The fourth-order valence-corrected chi connectivity index (χ4v) is 6.16. The molecule has 0 saturated carbocycles. The van der Waals surface area contributed by atoms with E-state index in [0.717, 1.165) is 12.0 Å². The Kier molecular flexibility index (Phi) is 8.39. The van der Waals surface area contributed by atoms with Crippen LogP contribution in [0.1, 0.15) is 34.1 Å². The Morgan fingerprint density at radius 1 is 1.37 bits per heavy atom. The number of hydrogen-bond donors (Lipinski definition) is 2. The SMILES string of the molecule is CCOP(=S)(CNSCNC(=O)OC1=C2OC=CC=C2CC1(C)C)OCC. The molecule has 0 saturated heterocycles. The minimum atomic E-state index is -2.32. The van der Waals surface area contributed by atoms with Crippen molar-refractivity contribution in [1.82, 2.24) is 10.0 Å². The van der Waals surface area contributed by atoms with Crippen LogP contribution >= 0.6 is 18.4 Å². The van der Waals surface area contributed by atoms with Crippen molar-refractivity contribution >= 4 is 36.3 Å². The second-order valence-corrected chi connectivity index (χ2v) is 11.1. The number of amides is 1. The van der Waals surface area contributed by atoms with Crippen LogP contribution in [0.15, 0.2) is 35.5 Å². The molecule has 27 heavy (non-hydrogen) atoms. The Labute approximate surface area is 170 Å². The second kappa shape index (κ2) is 10.1. The molecule has 1 amide bonds. The van der Waals surface area contributed by atoms with Gasteiger partial charge < -0.3 is 23.8 Å². The van der Waals surface area contributed by atoms with Gasteiger partial charge in [-0.25, -0.2) is 4.79 Å². The molecule has 2 aliphatic rings. The molecule has 0 spiro atoms. The van der Waals surface area contributed by atoms with E-state index in [1.54, 1.807) is 6.26 Å². The Hall–Kier alpha value is -0.830. The fraction of sp³-hybridized carbons (Fsp3) is 0.588. The molecule has 2 N–H and O–H groups in total. The zero-order valence-electron chi connectivity index (χ0n) is 16.1. The highest BCUT2D eigenvalue weighted by Gasteiger charge is 2.40. The molecular formula is C17H27N2O5PS2. The number of carbonyl (C=O) groups is 1. The quantitative estimate of drug-likeness (QED) is 0.227. The smallest absolute Gasteiger partial charge is 0.413 e. The minimum Gasteiger partial charge on any atom is -0.461 e. The Bertz CT molecular complexity index is 681. The molecule has 0 aromatic heterocycles. The molecule has 2 rings (SSSR count). The third kappa shape index (κ3) is 6.34. The summed E-state index contributed by atoms with van der Waals surface area (Å²) >= 11 is 6.73. The molecule has 7 nitrogen and oxygen atoms in total. The van der Waals surface area contributed by atoms with Gasteiger partial charge in [-0.1, -0.05) is 31.9 Å². The molecule has 1 aliphatic carbocycles. The van der Waals surface area contributed by atoms with Crippen molar-refractivity contribution in [1.29, 1.82) is 0 Å². The largest absolute Gasteiger partial charge is 0.461 e. The number of carbonyl (C=O) groups excluding carboxylic acids is 1. The lowest BCUT2D eigenvalue weighted by atomic mass is 9.90. The summed E-state index contributed by atoms with van der Waals surface area (Å²) in [4.78, 5) is 12.2. The molecule has 10 heteroatoms. The first kappa shape index (κ1) is 22.5. The standard InChI is InChI=1S/C17H27N2O5PS2/c1-5-22-25(26,23-6-2)11-19-27-12-18-16(20)24-15-14-13(8-7-9-21-14)10-17(15,3)4/h7-9,19H,5-6,10-12H2,1-4H3,(H,18,20). The van der Waals surface area contributed by atoms with Gasteiger partial charge in [0.25, 0.3) is 0 Å². The third-order valence-electron chi connectivity index (χ3n) is 3.80. The van der Waals surface area contributed by atoms with Crippen LogP contribution in [0.4, 0.5) is 4.79 Å². The molecule has 0 atom stereocenters. The average Bonchev–Trinajstić information content (AvgIpc) is 2.85. The van der Waals surface area contributed by atoms with Gasteiger partial charge in [-0.15, -0.1) is 0 Å². The molecular weight excluding hydrogens is 407 g/mol. The van der Waals surface area contributed by atoms with Gasteiger partial charge in [-0.05, 0) is 43.7 Å². The molecule has 1 heterocycles. The van der Waals surface area contributed by atoms with Crippen LogP contribution < -0.4 is 10.0 Å². The first-order valence-corrected chi connectivity index (χ1v) is 12.6. The zero-order chi connectivity index (χ0) is 19.9. The maximum absolute atomic E-state index is 12.2. The van der Waals surface area contributed by atoms with Gasteiger partial charge >= 0.3 is 6.09 Å². The van der Waals surface area contributed by atoms with Gasteiger partial charge in [-0.3, -0.25) is 4.72 Å². The third-order valence-corrected chi connectivity index (χ3v) is 7.52. The molecule has 0 bridgehead atoms. The molecule has 1 aliphatic heterocycles. The highest BCUT2D eigenvalue weighted by Crippen LogP contribution is 2.48. The number of rotatable bonds is 10. The molecule has 0 unspecified atom stereocenters. The molecule has 0 fully saturated rings. The highest BCUT2D eigenvalue weighted by molar-refractivity contribution is 8.10. The Morgan fingerprint density at radius 2 is 2.07 bits per heavy atom. The van der Waals surface area contributed by atoms with Crippen LogP contribution in [0, 0.1) is 5.41 Å². The molecule has 152 valence electrons. The van der Waals surface area contributed by atoms with E-state index >= 15 is 0 Å². The highest BCUT2D eigenvalue weighted by atomic mass is 32.5. The van der Waals surface area contributed by atoms with Crippen LogP contribution in [-0.2, 0) is 30.3 Å². The number of fused-ring (bicyclic) bond motifs is 1. The van der Waals surface area contributed by atoms with Crippen molar-refractivity contribution in [2.45, 2.75) is 34.1 Å². The first-order chi connectivity index (χ1) is 12.8. The van der Waals surface area contributed by atoms with E-state index in [2.05, 4.69) is 10.0 Å². The number of nitrogens with one attached hydrogen (secondary N) is 2. The van der Waals surface area contributed by atoms with Gasteiger partial charge in [0.2, 0.25) is 6.49 Å². The van der Waals surface area contributed by atoms with Gasteiger partial charge in [0.05, 0.1) is 31.6 Å². The van der Waals surface area contributed by atoms with Crippen LogP contribution in [-0.4, -0.2) is 31.5 Å². The van der Waals surface area contributed by atoms with Crippen molar-refractivity contribution in [2.75, 3.05) is 25.4 Å². The van der Waals surface area contributed by atoms with E-state index in [0.29, 0.717) is 36.9 Å². The second-order valence-electron chi connectivity index (χ2n) is 6.46.